The van der Waals surface area contributed by atoms with Crippen molar-refractivity contribution < 1.29 is 13.2 Å². The summed E-state index contributed by atoms with van der Waals surface area (Å²) in [5, 5.41) is 0.479. The number of para-hydroxylation sites is 1. The molecule has 1 amide bonds. The zero-order valence-electron chi connectivity index (χ0n) is 16.4. The molecule has 8 nitrogen and oxygen atoms in total. The molecule has 0 saturated heterocycles. The molecule has 3 aromatic rings. The van der Waals surface area contributed by atoms with E-state index in [-0.39, 0.29) is 28.5 Å². The third-order valence-electron chi connectivity index (χ3n) is 4.53. The van der Waals surface area contributed by atoms with E-state index >= 15 is 0 Å². The topological polar surface area (TPSA) is 103 Å². The predicted molar refractivity (Wildman–Crippen MR) is 110 cm³/mol. The first-order valence-corrected chi connectivity index (χ1v) is 10.5. The van der Waals surface area contributed by atoms with Crippen molar-refractivity contribution in [3.63, 3.8) is 0 Å². The molecule has 0 fully saturated rings. The summed E-state index contributed by atoms with van der Waals surface area (Å²) in [4.78, 5) is 33.9. The maximum absolute atomic E-state index is 13.0. The largest absolute Gasteiger partial charge is 0.331 e. The predicted octanol–water partition coefficient (Wildman–Crippen LogP) is 1.84. The van der Waals surface area contributed by atoms with E-state index in [1.54, 1.807) is 37.3 Å². The summed E-state index contributed by atoms with van der Waals surface area (Å²) in [7, 11) is -0.783. The molecule has 0 aliphatic heterocycles. The molecule has 0 saturated carbocycles. The van der Waals surface area contributed by atoms with Crippen molar-refractivity contribution in [2.24, 2.45) is 0 Å². The first-order chi connectivity index (χ1) is 13.7. The number of aromatic amines is 1. The number of sulfonamides is 1. The molecule has 0 spiro atoms. The number of hydrogen-bond acceptors (Lipinski definition) is 5. The van der Waals surface area contributed by atoms with E-state index in [9.17, 15) is 18.0 Å². The van der Waals surface area contributed by atoms with Gasteiger partial charge in [0.25, 0.3) is 11.5 Å². The van der Waals surface area contributed by atoms with Gasteiger partial charge in [0.15, 0.2) is 0 Å². The number of aromatic nitrogens is 2. The third kappa shape index (κ3) is 4.20. The Bertz CT molecular complexity index is 1220. The lowest BCUT2D eigenvalue weighted by molar-refractivity contribution is 0.0748. The van der Waals surface area contributed by atoms with Crippen LogP contribution in [-0.4, -0.2) is 54.1 Å². The molecule has 9 heteroatoms. The molecule has 0 aliphatic rings. The first-order valence-electron chi connectivity index (χ1n) is 9.04. The number of amides is 1. The standard InChI is InChI=1S/C20H22N4O4S/c1-4-24(13-18-21-17-11-6-5-10-16(17)19(25)22-18)20(26)14-8-7-9-15(12-14)29(27,28)23(2)3/h5-12H,4,13H2,1-3H3,(H,21,22,25). The maximum Gasteiger partial charge on any atom is 0.258 e. The summed E-state index contributed by atoms with van der Waals surface area (Å²) in [6.07, 6.45) is 0. The minimum atomic E-state index is -3.65. The number of H-pyrrole nitrogens is 1. The lowest BCUT2D eigenvalue weighted by Gasteiger charge is -2.21. The van der Waals surface area contributed by atoms with Crippen molar-refractivity contribution in [3.05, 3.63) is 70.3 Å². The molecule has 1 heterocycles. The van der Waals surface area contributed by atoms with Gasteiger partial charge < -0.3 is 9.88 Å². The molecular weight excluding hydrogens is 392 g/mol. The molecule has 1 aromatic heterocycles. The van der Waals surface area contributed by atoms with Gasteiger partial charge in [-0.15, -0.1) is 0 Å². The maximum atomic E-state index is 13.0. The van der Waals surface area contributed by atoms with Crippen LogP contribution >= 0.6 is 0 Å². The Balaban J connectivity index is 1.91. The van der Waals surface area contributed by atoms with Crippen molar-refractivity contribution in [2.45, 2.75) is 18.4 Å². The van der Waals surface area contributed by atoms with Crippen LogP contribution in [0, 0.1) is 0 Å². The van der Waals surface area contributed by atoms with Gasteiger partial charge >= 0.3 is 0 Å². The highest BCUT2D eigenvalue weighted by Crippen LogP contribution is 2.17. The third-order valence-corrected chi connectivity index (χ3v) is 6.34. The number of carbonyl (C=O) groups excluding carboxylic acids is 1. The highest BCUT2D eigenvalue weighted by atomic mass is 32.2. The Morgan fingerprint density at radius 3 is 2.52 bits per heavy atom. The quantitative estimate of drug-likeness (QED) is 0.663. The number of nitrogens with zero attached hydrogens (tertiary/aromatic N) is 3. The van der Waals surface area contributed by atoms with Gasteiger partial charge in [-0.3, -0.25) is 9.59 Å². The molecule has 1 N–H and O–H groups in total. The zero-order chi connectivity index (χ0) is 21.2. The molecule has 152 valence electrons. The average molecular weight is 414 g/mol. The first kappa shape index (κ1) is 20.7. The lowest BCUT2D eigenvalue weighted by Crippen LogP contribution is -2.32. The van der Waals surface area contributed by atoms with E-state index in [2.05, 4.69) is 9.97 Å². The van der Waals surface area contributed by atoms with Crippen LogP contribution < -0.4 is 5.56 Å². The van der Waals surface area contributed by atoms with Crippen LogP contribution in [0.25, 0.3) is 10.9 Å². The van der Waals surface area contributed by atoms with Crippen LogP contribution in [0.5, 0.6) is 0 Å². The minimum Gasteiger partial charge on any atom is -0.331 e. The van der Waals surface area contributed by atoms with E-state index in [1.807, 2.05) is 0 Å². The molecule has 0 unspecified atom stereocenters. The highest BCUT2D eigenvalue weighted by molar-refractivity contribution is 7.89. The average Bonchev–Trinajstić information content (AvgIpc) is 2.71. The Morgan fingerprint density at radius 2 is 1.83 bits per heavy atom. The Morgan fingerprint density at radius 1 is 1.10 bits per heavy atom. The van der Waals surface area contributed by atoms with Crippen LogP contribution in [0.4, 0.5) is 0 Å². The smallest absolute Gasteiger partial charge is 0.258 e. The van der Waals surface area contributed by atoms with Crippen LogP contribution in [-0.2, 0) is 16.6 Å². The van der Waals surface area contributed by atoms with Crippen molar-refractivity contribution >= 4 is 26.8 Å². The van der Waals surface area contributed by atoms with E-state index in [4.69, 9.17) is 0 Å². The van der Waals surface area contributed by atoms with Gasteiger partial charge in [0, 0.05) is 26.2 Å². The molecule has 29 heavy (non-hydrogen) atoms. The van der Waals surface area contributed by atoms with E-state index < -0.39 is 10.0 Å². The van der Waals surface area contributed by atoms with Gasteiger partial charge in [-0.2, -0.15) is 0 Å². The van der Waals surface area contributed by atoms with Gasteiger partial charge in [-0.25, -0.2) is 17.7 Å². The van der Waals surface area contributed by atoms with Crippen molar-refractivity contribution in [3.8, 4) is 0 Å². The van der Waals surface area contributed by atoms with Crippen LogP contribution in [0.3, 0.4) is 0 Å². The van der Waals surface area contributed by atoms with Crippen molar-refractivity contribution in [1.29, 1.82) is 0 Å². The Labute approximate surface area is 168 Å². The van der Waals surface area contributed by atoms with E-state index in [0.717, 1.165) is 4.31 Å². The van der Waals surface area contributed by atoms with Gasteiger partial charge in [-0.05, 0) is 37.3 Å². The molecule has 2 aromatic carbocycles. The van der Waals surface area contributed by atoms with Crippen molar-refractivity contribution in [1.82, 2.24) is 19.2 Å². The summed E-state index contributed by atoms with van der Waals surface area (Å²) >= 11 is 0. The SMILES string of the molecule is CCN(Cc1nc2ccccc2c(=O)[nH]1)C(=O)c1cccc(S(=O)(=O)N(C)C)c1. The number of carbonyl (C=O) groups is 1. The van der Waals surface area contributed by atoms with Gasteiger partial charge in [-0.1, -0.05) is 18.2 Å². The highest BCUT2D eigenvalue weighted by Gasteiger charge is 2.21. The Hall–Kier alpha value is -3.04. The fourth-order valence-corrected chi connectivity index (χ4v) is 3.85. The summed E-state index contributed by atoms with van der Waals surface area (Å²) in [5.41, 5.74) is 0.528. The van der Waals surface area contributed by atoms with Crippen LogP contribution in [0.15, 0.2) is 58.2 Å². The number of rotatable bonds is 6. The summed E-state index contributed by atoms with van der Waals surface area (Å²) in [6.45, 7) is 2.26. The number of hydrogen-bond donors (Lipinski definition) is 1. The molecule has 0 bridgehead atoms. The van der Waals surface area contributed by atoms with Crippen molar-refractivity contribution in [2.75, 3.05) is 20.6 Å². The molecule has 0 radical (unpaired) electrons. The summed E-state index contributed by atoms with van der Waals surface area (Å²) in [5.74, 6) is 0.0140. The second-order valence-corrected chi connectivity index (χ2v) is 8.82. The minimum absolute atomic E-state index is 0.0432. The van der Waals surface area contributed by atoms with Gasteiger partial charge in [0.1, 0.15) is 5.82 Å². The normalized spacial score (nSPS) is 11.7. The number of benzene rings is 2. The number of fused-ring (bicyclic) bond motifs is 1. The van der Waals surface area contributed by atoms with E-state index in [1.165, 1.54) is 37.2 Å². The monoisotopic (exact) mass is 414 g/mol. The van der Waals surface area contributed by atoms with Gasteiger partial charge in [0.2, 0.25) is 10.0 Å². The second-order valence-electron chi connectivity index (χ2n) is 6.66. The van der Waals surface area contributed by atoms with E-state index in [0.29, 0.717) is 23.3 Å². The number of nitrogens with one attached hydrogen (secondary N) is 1. The Kier molecular flexibility index (Phi) is 5.81. The zero-order valence-corrected chi connectivity index (χ0v) is 17.2. The van der Waals surface area contributed by atoms with Gasteiger partial charge in [0.05, 0.1) is 22.3 Å². The second kappa shape index (κ2) is 8.14. The molecular formula is C20H22N4O4S. The fraction of sp³-hybridized carbons (Fsp3) is 0.250. The molecule has 3 rings (SSSR count). The summed E-state index contributed by atoms with van der Waals surface area (Å²) < 4.78 is 25.8. The fourth-order valence-electron chi connectivity index (χ4n) is 2.90. The van der Waals surface area contributed by atoms with Crippen LogP contribution in [0.2, 0.25) is 0 Å². The van der Waals surface area contributed by atoms with Crippen LogP contribution in [0.1, 0.15) is 23.1 Å². The lowest BCUT2D eigenvalue weighted by atomic mass is 10.2. The molecule has 0 atom stereocenters. The molecule has 0 aliphatic carbocycles. The summed E-state index contributed by atoms with van der Waals surface area (Å²) in [6, 6.07) is 12.9.